The number of benzene rings is 1. The lowest BCUT2D eigenvalue weighted by atomic mass is 10.1. The third kappa shape index (κ3) is 3.71. The minimum atomic E-state index is -0.722. The first-order valence-corrected chi connectivity index (χ1v) is 9.52. The summed E-state index contributed by atoms with van der Waals surface area (Å²) < 4.78 is 21.2. The molecule has 0 atom stereocenters. The van der Waals surface area contributed by atoms with E-state index >= 15 is 0 Å². The van der Waals surface area contributed by atoms with E-state index in [2.05, 4.69) is 9.97 Å². The Kier molecular flexibility index (Phi) is 5.71. The van der Waals surface area contributed by atoms with Gasteiger partial charge in [-0.2, -0.15) is 4.98 Å². The third-order valence-electron chi connectivity index (χ3n) is 4.74. The molecule has 0 amide bonds. The zero-order valence-corrected chi connectivity index (χ0v) is 17.6. The lowest BCUT2D eigenvalue weighted by Gasteiger charge is -2.25. The summed E-state index contributed by atoms with van der Waals surface area (Å²) in [7, 11) is 3.98. The Morgan fingerprint density at radius 3 is 2.56 bits per heavy atom. The molecular weight excluding hydrogens is 414 g/mol. The molecule has 3 heterocycles. The quantitative estimate of drug-likeness (QED) is 0.560. The van der Waals surface area contributed by atoms with Gasteiger partial charge in [0.25, 0.3) is 0 Å². The summed E-state index contributed by atoms with van der Waals surface area (Å²) in [6, 6.07) is 8.75. The molecular formula is C23H19N3O6. The highest BCUT2D eigenvalue weighted by Gasteiger charge is 2.29. The Morgan fingerprint density at radius 2 is 1.84 bits per heavy atom. The van der Waals surface area contributed by atoms with E-state index in [0.717, 1.165) is 0 Å². The molecule has 0 saturated carbocycles. The molecule has 9 nitrogen and oxygen atoms in total. The maximum Gasteiger partial charge on any atom is 0.355 e. The number of ether oxygens (including phenoxy) is 3. The Balaban J connectivity index is 1.90. The number of fused-ring (bicyclic) bond motifs is 1. The summed E-state index contributed by atoms with van der Waals surface area (Å²) in [5.74, 6) is -0.618. The topological polar surface area (TPSA) is 104 Å². The molecule has 0 spiro atoms. The second-order valence-corrected chi connectivity index (χ2v) is 6.55. The standard InChI is InChI=1S/C23H19N3O6/c1-29-17-10-9-14(21-25-20-18(32-21)8-6-11-24-20)13-16(17)26-12-5-4-7-15(22(27)30-2)19(26)23(28)31-3/h4-13H,1-3H3. The monoisotopic (exact) mass is 433 g/mol. The van der Waals surface area contributed by atoms with Crippen LogP contribution >= 0.6 is 0 Å². The van der Waals surface area contributed by atoms with Crippen LogP contribution in [-0.2, 0) is 19.1 Å². The van der Waals surface area contributed by atoms with Gasteiger partial charge in [-0.05, 0) is 42.5 Å². The van der Waals surface area contributed by atoms with Crippen molar-refractivity contribution in [1.82, 2.24) is 9.97 Å². The predicted octanol–water partition coefficient (Wildman–Crippen LogP) is 3.39. The molecule has 4 rings (SSSR count). The summed E-state index contributed by atoms with van der Waals surface area (Å²) in [4.78, 5) is 35.3. The normalized spacial score (nSPS) is 13.3. The minimum Gasteiger partial charge on any atom is -0.495 e. The van der Waals surface area contributed by atoms with Crippen LogP contribution in [0.25, 0.3) is 22.7 Å². The van der Waals surface area contributed by atoms with Crippen LogP contribution in [0, 0.1) is 0 Å². The Morgan fingerprint density at radius 1 is 1.03 bits per heavy atom. The molecule has 0 fully saturated rings. The van der Waals surface area contributed by atoms with Crippen LogP contribution in [0.3, 0.4) is 0 Å². The number of carbonyl (C=O) groups excluding carboxylic acids is 2. The SMILES string of the molecule is COC(=O)C1=C(C(=O)OC)N(c2cc(-c3nc4ncccc4o3)ccc2OC)C=CC=C1. The first kappa shape index (κ1) is 20.9. The minimum absolute atomic E-state index is 0.0287. The van der Waals surface area contributed by atoms with Crippen molar-refractivity contribution in [2.45, 2.75) is 0 Å². The summed E-state index contributed by atoms with van der Waals surface area (Å²) >= 11 is 0. The molecule has 162 valence electrons. The number of allylic oxidation sites excluding steroid dienone is 2. The van der Waals surface area contributed by atoms with Gasteiger partial charge in [-0.3, -0.25) is 0 Å². The fraction of sp³-hybridized carbons (Fsp3) is 0.130. The molecule has 1 aliphatic rings. The molecule has 0 aliphatic carbocycles. The van der Waals surface area contributed by atoms with Gasteiger partial charge in [-0.25, -0.2) is 14.6 Å². The van der Waals surface area contributed by atoms with E-state index in [1.54, 1.807) is 54.9 Å². The highest BCUT2D eigenvalue weighted by Crippen LogP contribution is 2.37. The Hall–Kier alpha value is -4.40. The number of hydrogen-bond donors (Lipinski definition) is 0. The van der Waals surface area contributed by atoms with Crippen molar-refractivity contribution >= 4 is 28.9 Å². The second kappa shape index (κ2) is 8.76. The van der Waals surface area contributed by atoms with Crippen molar-refractivity contribution in [2.24, 2.45) is 0 Å². The molecule has 32 heavy (non-hydrogen) atoms. The number of rotatable bonds is 5. The van der Waals surface area contributed by atoms with E-state index in [1.165, 1.54) is 32.3 Å². The Labute approximate surface area is 183 Å². The van der Waals surface area contributed by atoms with Gasteiger partial charge in [0, 0.05) is 18.0 Å². The molecule has 2 aromatic heterocycles. The van der Waals surface area contributed by atoms with Crippen LogP contribution in [0.4, 0.5) is 5.69 Å². The molecule has 0 N–H and O–H groups in total. The molecule has 1 aromatic carbocycles. The number of nitrogens with zero attached hydrogens (tertiary/aromatic N) is 3. The van der Waals surface area contributed by atoms with Crippen molar-refractivity contribution in [2.75, 3.05) is 26.2 Å². The van der Waals surface area contributed by atoms with Crippen LogP contribution in [0.15, 0.2) is 76.6 Å². The van der Waals surface area contributed by atoms with Gasteiger partial charge in [0.2, 0.25) is 5.89 Å². The maximum absolute atomic E-state index is 12.7. The van der Waals surface area contributed by atoms with E-state index in [-0.39, 0.29) is 11.3 Å². The lowest BCUT2D eigenvalue weighted by Crippen LogP contribution is -2.27. The number of anilines is 1. The first-order valence-electron chi connectivity index (χ1n) is 9.52. The van der Waals surface area contributed by atoms with Crippen LogP contribution in [0.5, 0.6) is 5.75 Å². The number of oxazole rings is 1. The van der Waals surface area contributed by atoms with Crippen molar-refractivity contribution in [3.05, 3.63) is 72.2 Å². The maximum atomic E-state index is 12.7. The average Bonchev–Trinajstić information content (AvgIpc) is 3.15. The summed E-state index contributed by atoms with van der Waals surface area (Å²) in [5.41, 5.74) is 2.10. The summed E-state index contributed by atoms with van der Waals surface area (Å²) in [5, 5.41) is 0. The van der Waals surface area contributed by atoms with Crippen LogP contribution in [-0.4, -0.2) is 43.2 Å². The summed E-state index contributed by atoms with van der Waals surface area (Å²) in [6.07, 6.45) is 8.03. The van der Waals surface area contributed by atoms with Gasteiger partial charge in [-0.1, -0.05) is 6.08 Å². The molecule has 9 heteroatoms. The van der Waals surface area contributed by atoms with Crippen LogP contribution in [0.2, 0.25) is 0 Å². The molecule has 0 radical (unpaired) electrons. The molecule has 0 unspecified atom stereocenters. The van der Waals surface area contributed by atoms with Gasteiger partial charge >= 0.3 is 11.9 Å². The van der Waals surface area contributed by atoms with E-state index < -0.39 is 11.9 Å². The highest BCUT2D eigenvalue weighted by atomic mass is 16.5. The fourth-order valence-corrected chi connectivity index (χ4v) is 3.25. The van der Waals surface area contributed by atoms with Crippen molar-refractivity contribution in [3.63, 3.8) is 0 Å². The zero-order valence-electron chi connectivity index (χ0n) is 17.6. The van der Waals surface area contributed by atoms with Gasteiger partial charge < -0.3 is 23.5 Å². The van der Waals surface area contributed by atoms with E-state index in [9.17, 15) is 9.59 Å². The van der Waals surface area contributed by atoms with Gasteiger partial charge in [0.05, 0.1) is 32.6 Å². The fourth-order valence-electron chi connectivity index (χ4n) is 3.25. The number of methoxy groups -OCH3 is 3. The van der Waals surface area contributed by atoms with Crippen LogP contribution < -0.4 is 9.64 Å². The molecule has 3 aromatic rings. The Bertz CT molecular complexity index is 1250. The van der Waals surface area contributed by atoms with Crippen molar-refractivity contribution < 1.29 is 28.2 Å². The molecule has 1 aliphatic heterocycles. The smallest absolute Gasteiger partial charge is 0.355 e. The van der Waals surface area contributed by atoms with Crippen LogP contribution in [0.1, 0.15) is 0 Å². The molecule has 0 bridgehead atoms. The van der Waals surface area contributed by atoms with E-state index in [0.29, 0.717) is 34.1 Å². The van der Waals surface area contributed by atoms with Crippen molar-refractivity contribution in [1.29, 1.82) is 0 Å². The third-order valence-corrected chi connectivity index (χ3v) is 4.74. The predicted molar refractivity (Wildman–Crippen MR) is 116 cm³/mol. The van der Waals surface area contributed by atoms with E-state index in [1.807, 2.05) is 0 Å². The number of esters is 2. The largest absolute Gasteiger partial charge is 0.495 e. The van der Waals surface area contributed by atoms with E-state index in [4.69, 9.17) is 18.6 Å². The lowest BCUT2D eigenvalue weighted by molar-refractivity contribution is -0.139. The number of pyridine rings is 1. The number of aromatic nitrogens is 2. The zero-order chi connectivity index (χ0) is 22.7. The highest BCUT2D eigenvalue weighted by molar-refractivity contribution is 6.05. The number of carbonyl (C=O) groups is 2. The van der Waals surface area contributed by atoms with Crippen molar-refractivity contribution in [3.8, 4) is 17.2 Å². The van der Waals surface area contributed by atoms with Gasteiger partial charge in [0.15, 0.2) is 11.2 Å². The summed E-state index contributed by atoms with van der Waals surface area (Å²) in [6.45, 7) is 0. The first-order chi connectivity index (χ1) is 15.6. The number of hydrogen-bond acceptors (Lipinski definition) is 9. The molecule has 0 saturated heterocycles. The second-order valence-electron chi connectivity index (χ2n) is 6.55. The van der Waals surface area contributed by atoms with Gasteiger partial charge in [0.1, 0.15) is 11.4 Å². The van der Waals surface area contributed by atoms with Gasteiger partial charge in [-0.15, -0.1) is 0 Å². The average molecular weight is 433 g/mol.